The highest BCUT2D eigenvalue weighted by Gasteiger charge is 2.21. The minimum absolute atomic E-state index is 0.0477. The Morgan fingerprint density at radius 1 is 1.19 bits per heavy atom. The van der Waals surface area contributed by atoms with E-state index in [1.54, 1.807) is 12.1 Å². The Kier molecular flexibility index (Phi) is 6.92. The molecule has 2 rings (SSSR count). The van der Waals surface area contributed by atoms with Crippen LogP contribution in [-0.2, 0) is 28.2 Å². The third-order valence-corrected chi connectivity index (χ3v) is 5.58. The number of hydrogen-bond acceptors (Lipinski definition) is 5. The van der Waals surface area contributed by atoms with Crippen LogP contribution >= 0.6 is 0 Å². The summed E-state index contributed by atoms with van der Waals surface area (Å²) in [5.41, 5.74) is 1.67. The molecule has 1 heterocycles. The molecule has 1 N–H and O–H groups in total. The van der Waals surface area contributed by atoms with Gasteiger partial charge in [0, 0.05) is 18.8 Å². The molecule has 0 fully saturated rings. The van der Waals surface area contributed by atoms with Crippen molar-refractivity contribution >= 4 is 21.8 Å². The van der Waals surface area contributed by atoms with E-state index in [9.17, 15) is 18.0 Å². The lowest BCUT2D eigenvalue weighted by molar-refractivity contribution is 0.0465. The molecular formula is C19H24N2O5S. The zero-order chi connectivity index (χ0) is 20.0. The summed E-state index contributed by atoms with van der Waals surface area (Å²) >= 11 is 0. The lowest BCUT2D eigenvalue weighted by atomic mass is 10.0. The number of hydrogen-bond donors (Lipinski definition) is 1. The second-order valence-electron chi connectivity index (χ2n) is 6.18. The Morgan fingerprint density at radius 2 is 1.85 bits per heavy atom. The maximum absolute atomic E-state index is 12.2. The third-order valence-electron chi connectivity index (χ3n) is 4.20. The first kappa shape index (κ1) is 20.9. The Hall–Kier alpha value is -2.45. The number of ketones is 1. The summed E-state index contributed by atoms with van der Waals surface area (Å²) in [7, 11) is -0.850. The van der Waals surface area contributed by atoms with Crippen LogP contribution in [0.1, 0.15) is 46.2 Å². The highest BCUT2D eigenvalue weighted by molar-refractivity contribution is 7.89. The molecule has 0 spiro atoms. The number of sulfonamides is 1. The van der Waals surface area contributed by atoms with E-state index in [0.717, 1.165) is 24.8 Å². The molecule has 0 aliphatic rings. The van der Waals surface area contributed by atoms with Crippen LogP contribution < -0.4 is 4.72 Å². The quantitative estimate of drug-likeness (QED) is 0.522. The van der Waals surface area contributed by atoms with E-state index in [1.807, 2.05) is 12.1 Å². The van der Waals surface area contributed by atoms with Crippen LogP contribution in [0.3, 0.4) is 0 Å². The second-order valence-corrected chi connectivity index (χ2v) is 8.07. The zero-order valence-electron chi connectivity index (χ0n) is 15.7. The predicted molar refractivity (Wildman–Crippen MR) is 101 cm³/mol. The van der Waals surface area contributed by atoms with Gasteiger partial charge in [0.05, 0.1) is 0 Å². The minimum atomic E-state index is -3.66. The van der Waals surface area contributed by atoms with Gasteiger partial charge in [0.2, 0.25) is 10.0 Å². The number of aryl methyl sites for hydroxylation is 2. The number of Topliss-reactive ketones (excluding diaryl/α,β-unsaturated/α-hetero) is 1. The summed E-state index contributed by atoms with van der Waals surface area (Å²) in [5, 5.41) is 0. The lowest BCUT2D eigenvalue weighted by Crippen LogP contribution is -2.18. The molecule has 7 nitrogen and oxygen atoms in total. The largest absolute Gasteiger partial charge is 0.453 e. The molecule has 0 saturated carbocycles. The molecule has 2 aromatic rings. The molecule has 1 aromatic carbocycles. The highest BCUT2D eigenvalue weighted by atomic mass is 32.2. The van der Waals surface area contributed by atoms with Crippen LogP contribution in [0, 0.1) is 0 Å². The van der Waals surface area contributed by atoms with Crippen molar-refractivity contribution in [1.82, 2.24) is 9.29 Å². The van der Waals surface area contributed by atoms with Gasteiger partial charge in [0.25, 0.3) is 0 Å². The Labute approximate surface area is 159 Å². The van der Waals surface area contributed by atoms with Crippen molar-refractivity contribution in [2.24, 2.45) is 7.05 Å². The van der Waals surface area contributed by atoms with Gasteiger partial charge < -0.3 is 9.30 Å². The molecule has 0 bridgehead atoms. The summed E-state index contributed by atoms with van der Waals surface area (Å²) in [5.74, 6) is -1.08. The van der Waals surface area contributed by atoms with Crippen molar-refractivity contribution in [3.8, 4) is 0 Å². The molecule has 0 atom stereocenters. The number of nitrogens with zero attached hydrogens (tertiary/aromatic N) is 1. The van der Waals surface area contributed by atoms with Crippen molar-refractivity contribution in [2.75, 3.05) is 13.7 Å². The van der Waals surface area contributed by atoms with Crippen LogP contribution in [0.15, 0.2) is 41.4 Å². The number of esters is 1. The Morgan fingerprint density at radius 3 is 2.44 bits per heavy atom. The molecule has 1 aromatic heterocycles. The smallest absolute Gasteiger partial charge is 0.355 e. The minimum Gasteiger partial charge on any atom is -0.453 e. The second kappa shape index (κ2) is 8.96. The van der Waals surface area contributed by atoms with E-state index in [-0.39, 0.29) is 16.4 Å². The molecule has 0 saturated heterocycles. The van der Waals surface area contributed by atoms with Crippen LogP contribution in [0.4, 0.5) is 0 Å². The van der Waals surface area contributed by atoms with E-state index in [1.165, 1.54) is 30.9 Å². The van der Waals surface area contributed by atoms with E-state index < -0.39 is 22.6 Å². The van der Waals surface area contributed by atoms with Gasteiger partial charge in [-0.25, -0.2) is 17.9 Å². The normalized spacial score (nSPS) is 11.4. The van der Waals surface area contributed by atoms with Crippen molar-refractivity contribution in [2.45, 2.75) is 31.1 Å². The molecular weight excluding hydrogens is 368 g/mol. The van der Waals surface area contributed by atoms with Crippen molar-refractivity contribution in [3.05, 3.63) is 53.3 Å². The average molecular weight is 392 g/mol. The SMILES string of the molecule is CCCCc1ccc(C(=O)COC(=O)c2cc(S(=O)(=O)NC)cn2C)cc1. The molecule has 0 amide bonds. The fourth-order valence-corrected chi connectivity index (χ4v) is 3.33. The van der Waals surface area contributed by atoms with Gasteiger partial charge in [-0.3, -0.25) is 4.79 Å². The fraction of sp³-hybridized carbons (Fsp3) is 0.368. The summed E-state index contributed by atoms with van der Waals surface area (Å²) in [6.07, 6.45) is 4.46. The maximum atomic E-state index is 12.2. The van der Waals surface area contributed by atoms with Crippen molar-refractivity contribution in [3.63, 3.8) is 0 Å². The van der Waals surface area contributed by atoms with Crippen LogP contribution in [0.25, 0.3) is 0 Å². The third kappa shape index (κ3) is 5.27. The summed E-state index contributed by atoms with van der Waals surface area (Å²) < 4.78 is 32.2. The molecule has 27 heavy (non-hydrogen) atoms. The molecule has 0 radical (unpaired) electrons. The van der Waals surface area contributed by atoms with E-state index in [2.05, 4.69) is 11.6 Å². The lowest BCUT2D eigenvalue weighted by Gasteiger charge is -2.06. The van der Waals surface area contributed by atoms with E-state index >= 15 is 0 Å². The van der Waals surface area contributed by atoms with Gasteiger partial charge in [-0.1, -0.05) is 37.6 Å². The van der Waals surface area contributed by atoms with Crippen LogP contribution in [0.2, 0.25) is 0 Å². The van der Waals surface area contributed by atoms with Crippen LogP contribution in [-0.4, -0.2) is 38.4 Å². The molecule has 0 aliphatic heterocycles. The molecule has 0 unspecified atom stereocenters. The van der Waals surface area contributed by atoms with E-state index in [0.29, 0.717) is 5.56 Å². The standard InChI is InChI=1S/C19H24N2O5S/c1-4-5-6-14-7-9-15(10-8-14)18(22)13-26-19(23)17-11-16(12-21(17)3)27(24,25)20-2/h7-12,20H,4-6,13H2,1-3H3. The number of carbonyl (C=O) groups is 2. The number of nitrogens with one attached hydrogen (secondary N) is 1. The van der Waals surface area contributed by atoms with Crippen molar-refractivity contribution in [1.29, 1.82) is 0 Å². The van der Waals surface area contributed by atoms with Gasteiger partial charge in [-0.05, 0) is 31.5 Å². The number of ether oxygens (including phenoxy) is 1. The van der Waals surface area contributed by atoms with Crippen molar-refractivity contribution < 1.29 is 22.7 Å². The monoisotopic (exact) mass is 392 g/mol. The van der Waals surface area contributed by atoms with E-state index in [4.69, 9.17) is 4.74 Å². The van der Waals surface area contributed by atoms with Crippen LogP contribution in [0.5, 0.6) is 0 Å². The average Bonchev–Trinajstić information content (AvgIpc) is 3.07. The number of rotatable bonds is 9. The van der Waals surface area contributed by atoms with Gasteiger partial charge >= 0.3 is 5.97 Å². The number of aromatic nitrogens is 1. The molecule has 146 valence electrons. The first-order valence-corrected chi connectivity index (χ1v) is 10.2. The summed E-state index contributed by atoms with van der Waals surface area (Å²) in [6, 6.07) is 8.46. The van der Waals surface area contributed by atoms with Gasteiger partial charge in [0.15, 0.2) is 12.4 Å². The fourth-order valence-electron chi connectivity index (χ4n) is 2.53. The number of unbranched alkanes of at least 4 members (excludes halogenated alkanes) is 1. The first-order valence-electron chi connectivity index (χ1n) is 8.67. The maximum Gasteiger partial charge on any atom is 0.355 e. The first-order chi connectivity index (χ1) is 12.8. The van der Waals surface area contributed by atoms with Gasteiger partial charge in [-0.2, -0.15) is 0 Å². The topological polar surface area (TPSA) is 94.5 Å². The molecule has 0 aliphatic carbocycles. The summed E-state index contributed by atoms with van der Waals surface area (Å²) in [6.45, 7) is 1.71. The highest BCUT2D eigenvalue weighted by Crippen LogP contribution is 2.14. The Bertz CT molecular complexity index is 914. The number of benzene rings is 1. The molecule has 8 heteroatoms. The van der Waals surface area contributed by atoms with Gasteiger partial charge in [0.1, 0.15) is 10.6 Å². The zero-order valence-corrected chi connectivity index (χ0v) is 16.5. The Balaban J connectivity index is 2.00. The van der Waals surface area contributed by atoms with Gasteiger partial charge in [-0.15, -0.1) is 0 Å². The summed E-state index contributed by atoms with van der Waals surface area (Å²) in [4.78, 5) is 24.4. The number of carbonyl (C=O) groups excluding carboxylic acids is 2. The predicted octanol–water partition coefficient (Wildman–Crippen LogP) is 2.32.